The van der Waals surface area contributed by atoms with Gasteiger partial charge >= 0.3 is 0 Å². The van der Waals surface area contributed by atoms with E-state index in [1.54, 1.807) is 18.1 Å². The van der Waals surface area contributed by atoms with Gasteiger partial charge in [0.15, 0.2) is 0 Å². The Morgan fingerprint density at radius 3 is 2.48 bits per heavy atom. The number of carbonyl (C=O) groups is 2. The zero-order valence-corrected chi connectivity index (χ0v) is 16.3. The molecule has 146 valence electrons. The number of rotatable bonds is 6. The lowest BCUT2D eigenvalue weighted by atomic mass is 9.73. The molecule has 1 atom stereocenters. The third-order valence-corrected chi connectivity index (χ3v) is 5.50. The SMILES string of the molecule is CN1C(=O)C(CC(=O)NCc2ccccn2)(Cc2ccccc2)c2ccccc21. The van der Waals surface area contributed by atoms with Crippen LogP contribution in [0.1, 0.15) is 23.2 Å². The summed E-state index contributed by atoms with van der Waals surface area (Å²) < 4.78 is 0. The van der Waals surface area contributed by atoms with Crippen LogP contribution in [-0.2, 0) is 28.0 Å². The number of nitrogens with one attached hydrogen (secondary N) is 1. The number of anilines is 1. The normalized spacial score (nSPS) is 17.8. The second-order valence-corrected chi connectivity index (χ2v) is 7.40. The first-order chi connectivity index (χ1) is 14.1. The van der Waals surface area contributed by atoms with E-state index in [0.717, 1.165) is 22.5 Å². The van der Waals surface area contributed by atoms with Crippen LogP contribution in [0, 0.1) is 0 Å². The highest BCUT2D eigenvalue weighted by atomic mass is 16.2. The zero-order valence-electron chi connectivity index (χ0n) is 16.3. The standard InChI is InChI=1S/C24H23N3O2/c1-27-21-13-6-5-12-20(21)24(23(27)29,15-18-9-3-2-4-10-18)16-22(28)26-17-19-11-7-8-14-25-19/h2-14H,15-17H2,1H3,(H,26,28). The maximum atomic E-state index is 13.4. The molecular formula is C24H23N3O2. The average molecular weight is 385 g/mol. The minimum Gasteiger partial charge on any atom is -0.350 e. The molecule has 0 bridgehead atoms. The van der Waals surface area contributed by atoms with Crippen LogP contribution in [-0.4, -0.2) is 23.8 Å². The van der Waals surface area contributed by atoms with Crippen LogP contribution < -0.4 is 10.2 Å². The zero-order chi connectivity index (χ0) is 20.3. The van der Waals surface area contributed by atoms with Crippen molar-refractivity contribution in [1.29, 1.82) is 0 Å². The third-order valence-electron chi connectivity index (χ3n) is 5.50. The molecule has 0 fully saturated rings. The van der Waals surface area contributed by atoms with Crippen molar-refractivity contribution in [1.82, 2.24) is 10.3 Å². The molecule has 1 aromatic heterocycles. The van der Waals surface area contributed by atoms with E-state index >= 15 is 0 Å². The van der Waals surface area contributed by atoms with Crippen molar-refractivity contribution >= 4 is 17.5 Å². The predicted molar refractivity (Wildman–Crippen MR) is 112 cm³/mol. The Bertz CT molecular complexity index is 1020. The van der Waals surface area contributed by atoms with Crippen LogP contribution in [0.4, 0.5) is 5.69 Å². The molecular weight excluding hydrogens is 362 g/mol. The van der Waals surface area contributed by atoms with E-state index in [1.165, 1.54) is 0 Å². The van der Waals surface area contributed by atoms with E-state index in [0.29, 0.717) is 13.0 Å². The number of carbonyl (C=O) groups excluding carboxylic acids is 2. The largest absolute Gasteiger partial charge is 0.350 e. The molecule has 0 aliphatic carbocycles. The number of aromatic nitrogens is 1. The van der Waals surface area contributed by atoms with Gasteiger partial charge < -0.3 is 10.2 Å². The maximum absolute atomic E-state index is 13.4. The van der Waals surface area contributed by atoms with Crippen LogP contribution in [0.25, 0.3) is 0 Å². The van der Waals surface area contributed by atoms with Gasteiger partial charge in [-0.1, -0.05) is 54.6 Å². The lowest BCUT2D eigenvalue weighted by Crippen LogP contribution is -2.44. The van der Waals surface area contributed by atoms with Crippen molar-refractivity contribution in [3.63, 3.8) is 0 Å². The number of likely N-dealkylation sites (N-methyl/N-ethyl adjacent to an activating group) is 1. The van der Waals surface area contributed by atoms with Gasteiger partial charge in [-0.2, -0.15) is 0 Å². The van der Waals surface area contributed by atoms with Crippen molar-refractivity contribution in [2.24, 2.45) is 0 Å². The van der Waals surface area contributed by atoms with E-state index in [9.17, 15) is 9.59 Å². The number of hydrogen-bond donors (Lipinski definition) is 1. The molecule has 5 heteroatoms. The second-order valence-electron chi connectivity index (χ2n) is 7.40. The van der Waals surface area contributed by atoms with Gasteiger partial charge in [0.2, 0.25) is 11.8 Å². The monoisotopic (exact) mass is 385 g/mol. The summed E-state index contributed by atoms with van der Waals surface area (Å²) in [4.78, 5) is 32.3. The van der Waals surface area contributed by atoms with Gasteiger partial charge in [0, 0.05) is 25.4 Å². The summed E-state index contributed by atoms with van der Waals surface area (Å²) in [5.74, 6) is -0.208. The average Bonchev–Trinajstić information content (AvgIpc) is 2.96. The Morgan fingerprint density at radius 1 is 1.00 bits per heavy atom. The minimum atomic E-state index is -0.916. The van der Waals surface area contributed by atoms with Crippen LogP contribution in [0.15, 0.2) is 79.0 Å². The van der Waals surface area contributed by atoms with Crippen LogP contribution in [0.5, 0.6) is 0 Å². The van der Waals surface area contributed by atoms with Crippen LogP contribution in [0.2, 0.25) is 0 Å². The maximum Gasteiger partial charge on any atom is 0.238 e. The molecule has 0 saturated heterocycles. The van der Waals surface area contributed by atoms with Crippen molar-refractivity contribution in [3.05, 3.63) is 95.8 Å². The van der Waals surface area contributed by atoms with E-state index in [-0.39, 0.29) is 18.2 Å². The molecule has 5 nitrogen and oxygen atoms in total. The Labute approximate surface area is 170 Å². The first-order valence-electron chi connectivity index (χ1n) is 9.68. The second kappa shape index (κ2) is 7.87. The summed E-state index contributed by atoms with van der Waals surface area (Å²) in [7, 11) is 1.78. The first kappa shape index (κ1) is 18.9. The number of fused-ring (bicyclic) bond motifs is 1. The number of hydrogen-bond acceptors (Lipinski definition) is 3. The lowest BCUT2D eigenvalue weighted by molar-refractivity contribution is -0.129. The minimum absolute atomic E-state index is 0.0458. The fraction of sp³-hybridized carbons (Fsp3) is 0.208. The highest BCUT2D eigenvalue weighted by Gasteiger charge is 2.50. The Balaban J connectivity index is 1.64. The fourth-order valence-electron chi connectivity index (χ4n) is 4.09. The highest BCUT2D eigenvalue weighted by Crippen LogP contribution is 2.45. The fourth-order valence-corrected chi connectivity index (χ4v) is 4.09. The summed E-state index contributed by atoms with van der Waals surface area (Å²) in [5, 5.41) is 2.93. The van der Waals surface area contributed by atoms with Gasteiger partial charge in [0.25, 0.3) is 0 Å². The molecule has 1 aliphatic rings. The Hall–Kier alpha value is -3.47. The molecule has 3 aromatic rings. The van der Waals surface area contributed by atoms with Crippen molar-refractivity contribution in [2.45, 2.75) is 24.8 Å². The number of pyridine rings is 1. The Morgan fingerprint density at radius 2 is 1.72 bits per heavy atom. The van der Waals surface area contributed by atoms with Gasteiger partial charge in [0.05, 0.1) is 17.7 Å². The highest BCUT2D eigenvalue weighted by molar-refractivity contribution is 6.09. The molecule has 1 aliphatic heterocycles. The van der Waals surface area contributed by atoms with Gasteiger partial charge in [0.1, 0.15) is 0 Å². The molecule has 1 N–H and O–H groups in total. The van der Waals surface area contributed by atoms with Crippen LogP contribution >= 0.6 is 0 Å². The van der Waals surface area contributed by atoms with Gasteiger partial charge in [-0.05, 0) is 35.7 Å². The lowest BCUT2D eigenvalue weighted by Gasteiger charge is -2.28. The summed E-state index contributed by atoms with van der Waals surface area (Å²) >= 11 is 0. The number of nitrogens with zero attached hydrogens (tertiary/aromatic N) is 2. The first-order valence-corrected chi connectivity index (χ1v) is 9.68. The number of amides is 2. The Kier molecular flexibility index (Phi) is 5.12. The topological polar surface area (TPSA) is 62.3 Å². The van der Waals surface area contributed by atoms with E-state index in [2.05, 4.69) is 10.3 Å². The smallest absolute Gasteiger partial charge is 0.238 e. The molecule has 2 heterocycles. The van der Waals surface area contributed by atoms with Gasteiger partial charge in [-0.3, -0.25) is 14.6 Å². The van der Waals surface area contributed by atoms with Crippen molar-refractivity contribution in [2.75, 3.05) is 11.9 Å². The predicted octanol–water partition coefficient (Wildman–Crippen LogP) is 3.25. The number of benzene rings is 2. The van der Waals surface area contributed by atoms with Crippen LogP contribution in [0.3, 0.4) is 0 Å². The van der Waals surface area contributed by atoms with Crippen molar-refractivity contribution in [3.8, 4) is 0 Å². The van der Waals surface area contributed by atoms with Gasteiger partial charge in [-0.15, -0.1) is 0 Å². The third kappa shape index (κ3) is 3.63. The number of para-hydroxylation sites is 1. The molecule has 0 radical (unpaired) electrons. The summed E-state index contributed by atoms with van der Waals surface area (Å²) in [6.07, 6.45) is 2.27. The molecule has 2 amide bonds. The quantitative estimate of drug-likeness (QED) is 0.709. The molecule has 29 heavy (non-hydrogen) atoms. The van der Waals surface area contributed by atoms with E-state index < -0.39 is 5.41 Å². The summed E-state index contributed by atoms with van der Waals surface area (Å²) in [6, 6.07) is 23.2. The molecule has 0 saturated carbocycles. The summed E-state index contributed by atoms with van der Waals surface area (Å²) in [5.41, 5.74) is 2.67. The molecule has 2 aromatic carbocycles. The molecule has 0 spiro atoms. The molecule has 1 unspecified atom stereocenters. The van der Waals surface area contributed by atoms with Crippen molar-refractivity contribution < 1.29 is 9.59 Å². The van der Waals surface area contributed by atoms with E-state index in [4.69, 9.17) is 0 Å². The molecule has 4 rings (SSSR count). The van der Waals surface area contributed by atoms with E-state index in [1.807, 2.05) is 72.8 Å². The summed E-state index contributed by atoms with van der Waals surface area (Å²) in [6.45, 7) is 0.340. The van der Waals surface area contributed by atoms with Gasteiger partial charge in [-0.25, -0.2) is 0 Å².